The van der Waals surface area contributed by atoms with Gasteiger partial charge in [-0.25, -0.2) is 4.98 Å². The number of ether oxygens (including phenoxy) is 3. The minimum absolute atomic E-state index is 0.273. The molecule has 3 aromatic rings. The predicted molar refractivity (Wildman–Crippen MR) is 119 cm³/mol. The molecule has 0 amide bonds. The van der Waals surface area contributed by atoms with E-state index < -0.39 is 0 Å². The van der Waals surface area contributed by atoms with Crippen molar-refractivity contribution in [2.24, 2.45) is 0 Å². The summed E-state index contributed by atoms with van der Waals surface area (Å²) in [7, 11) is 4.93. The number of aromatic nitrogens is 3. The molecule has 1 saturated heterocycles. The van der Waals surface area contributed by atoms with Gasteiger partial charge < -0.3 is 18.8 Å². The number of pyridine rings is 1. The van der Waals surface area contributed by atoms with Crippen LogP contribution in [0.1, 0.15) is 41.5 Å². The van der Waals surface area contributed by atoms with Gasteiger partial charge in [0.15, 0.2) is 11.5 Å². The largest absolute Gasteiger partial charge is 0.493 e. The Morgan fingerprint density at radius 1 is 0.968 bits per heavy atom. The number of hydrogen-bond acceptors (Lipinski definition) is 6. The van der Waals surface area contributed by atoms with Gasteiger partial charge in [0.1, 0.15) is 5.82 Å². The molecule has 2 aromatic heterocycles. The molecule has 4 rings (SSSR count). The maximum Gasteiger partial charge on any atom is 0.203 e. The van der Waals surface area contributed by atoms with Crippen LogP contribution in [-0.4, -0.2) is 47.3 Å². The van der Waals surface area contributed by atoms with Gasteiger partial charge in [-0.3, -0.25) is 9.88 Å². The molecule has 0 spiro atoms. The van der Waals surface area contributed by atoms with Crippen LogP contribution in [0.3, 0.4) is 0 Å². The van der Waals surface area contributed by atoms with Crippen LogP contribution in [0, 0.1) is 6.92 Å². The topological polar surface area (TPSA) is 61.6 Å². The summed E-state index contributed by atoms with van der Waals surface area (Å²) in [6, 6.07) is 8.46. The minimum Gasteiger partial charge on any atom is -0.493 e. The third-order valence-corrected chi connectivity index (χ3v) is 5.95. The van der Waals surface area contributed by atoms with Crippen molar-refractivity contribution >= 4 is 0 Å². The van der Waals surface area contributed by atoms with Crippen molar-refractivity contribution in [2.75, 3.05) is 27.9 Å². The molecule has 3 heterocycles. The first kappa shape index (κ1) is 21.2. The van der Waals surface area contributed by atoms with E-state index in [1.807, 2.05) is 30.7 Å². The van der Waals surface area contributed by atoms with Crippen molar-refractivity contribution in [1.29, 1.82) is 0 Å². The summed E-state index contributed by atoms with van der Waals surface area (Å²) in [5.74, 6) is 3.11. The fourth-order valence-electron chi connectivity index (χ4n) is 4.39. The van der Waals surface area contributed by atoms with Crippen LogP contribution in [0.15, 0.2) is 42.9 Å². The Bertz CT molecular complexity index is 994. The summed E-state index contributed by atoms with van der Waals surface area (Å²) in [6.45, 7) is 4.75. The third-order valence-electron chi connectivity index (χ3n) is 5.95. The van der Waals surface area contributed by atoms with Crippen LogP contribution < -0.4 is 14.2 Å². The molecule has 7 nitrogen and oxygen atoms in total. The van der Waals surface area contributed by atoms with Crippen molar-refractivity contribution < 1.29 is 14.2 Å². The summed E-state index contributed by atoms with van der Waals surface area (Å²) in [5.41, 5.74) is 3.53. The summed E-state index contributed by atoms with van der Waals surface area (Å²) in [5, 5.41) is 0. The van der Waals surface area contributed by atoms with Gasteiger partial charge in [-0.15, -0.1) is 0 Å². The van der Waals surface area contributed by atoms with Crippen molar-refractivity contribution in [3.63, 3.8) is 0 Å². The monoisotopic (exact) mass is 422 g/mol. The molecule has 0 N–H and O–H groups in total. The quantitative estimate of drug-likeness (QED) is 0.547. The first-order valence-corrected chi connectivity index (χ1v) is 10.6. The lowest BCUT2D eigenvalue weighted by Gasteiger charge is -2.26. The van der Waals surface area contributed by atoms with Crippen LogP contribution in [0.5, 0.6) is 17.2 Å². The molecule has 0 bridgehead atoms. The highest BCUT2D eigenvalue weighted by molar-refractivity contribution is 5.53. The van der Waals surface area contributed by atoms with Gasteiger partial charge in [-0.05, 0) is 61.7 Å². The van der Waals surface area contributed by atoms with Crippen LogP contribution in [0.4, 0.5) is 0 Å². The first-order valence-electron chi connectivity index (χ1n) is 10.6. The van der Waals surface area contributed by atoms with Crippen LogP contribution in [-0.2, 0) is 13.1 Å². The van der Waals surface area contributed by atoms with Crippen molar-refractivity contribution in [2.45, 2.75) is 38.9 Å². The van der Waals surface area contributed by atoms with E-state index in [1.54, 1.807) is 21.3 Å². The van der Waals surface area contributed by atoms with Gasteiger partial charge in [-0.1, -0.05) is 0 Å². The Balaban J connectivity index is 1.60. The zero-order valence-electron chi connectivity index (χ0n) is 18.7. The van der Waals surface area contributed by atoms with Gasteiger partial charge in [0.2, 0.25) is 5.75 Å². The van der Waals surface area contributed by atoms with Gasteiger partial charge in [0.25, 0.3) is 0 Å². The van der Waals surface area contributed by atoms with Gasteiger partial charge in [0, 0.05) is 37.4 Å². The summed E-state index contributed by atoms with van der Waals surface area (Å²) in [6.07, 6.45) is 7.90. The smallest absolute Gasteiger partial charge is 0.203 e. The van der Waals surface area contributed by atoms with Crippen molar-refractivity contribution in [3.8, 4) is 17.2 Å². The van der Waals surface area contributed by atoms with Crippen LogP contribution >= 0.6 is 0 Å². The number of likely N-dealkylation sites (tertiary alicyclic amines) is 1. The minimum atomic E-state index is 0.273. The molecule has 0 radical (unpaired) electrons. The molecule has 1 fully saturated rings. The fraction of sp³-hybridized carbons (Fsp3) is 0.417. The van der Waals surface area contributed by atoms with Crippen LogP contribution in [0.2, 0.25) is 0 Å². The molecule has 0 aliphatic carbocycles. The highest BCUT2D eigenvalue weighted by Gasteiger charge is 2.30. The zero-order chi connectivity index (χ0) is 21.8. The Labute approximate surface area is 183 Å². The van der Waals surface area contributed by atoms with Crippen LogP contribution in [0.25, 0.3) is 0 Å². The number of rotatable bonds is 8. The maximum atomic E-state index is 5.54. The molecular formula is C24H30N4O3. The molecule has 1 atom stereocenters. The maximum absolute atomic E-state index is 5.54. The van der Waals surface area contributed by atoms with Gasteiger partial charge >= 0.3 is 0 Å². The average molecular weight is 423 g/mol. The van der Waals surface area contributed by atoms with E-state index >= 15 is 0 Å². The predicted octanol–water partition coefficient (Wildman–Crippen LogP) is 4.00. The number of hydrogen-bond donors (Lipinski definition) is 0. The second-order valence-corrected chi connectivity index (χ2v) is 7.86. The molecule has 164 valence electrons. The summed E-state index contributed by atoms with van der Waals surface area (Å²) >= 11 is 0. The van der Waals surface area contributed by atoms with E-state index in [4.69, 9.17) is 19.2 Å². The molecule has 1 aromatic carbocycles. The zero-order valence-corrected chi connectivity index (χ0v) is 18.7. The van der Waals surface area contributed by atoms with E-state index in [1.165, 1.54) is 11.3 Å². The number of aryl methyl sites for hydroxylation is 1. The fourth-order valence-corrected chi connectivity index (χ4v) is 4.39. The van der Waals surface area contributed by atoms with Crippen molar-refractivity contribution in [1.82, 2.24) is 19.4 Å². The highest BCUT2D eigenvalue weighted by Crippen LogP contribution is 2.40. The number of imidazole rings is 1. The first-order chi connectivity index (χ1) is 15.1. The lowest BCUT2D eigenvalue weighted by molar-refractivity contribution is 0.234. The SMILES string of the molecule is COc1cc(CN2CCCC2c2ncc(C)n2Cc2ccncc2)cc(OC)c1OC. The Morgan fingerprint density at radius 3 is 2.32 bits per heavy atom. The third kappa shape index (κ3) is 4.37. The number of nitrogens with zero attached hydrogens (tertiary/aromatic N) is 4. The highest BCUT2D eigenvalue weighted by atomic mass is 16.5. The second-order valence-electron chi connectivity index (χ2n) is 7.86. The lowest BCUT2D eigenvalue weighted by atomic mass is 10.1. The van der Waals surface area contributed by atoms with E-state index in [0.717, 1.165) is 43.9 Å². The normalized spacial score (nSPS) is 16.5. The van der Waals surface area contributed by atoms with E-state index in [9.17, 15) is 0 Å². The number of benzene rings is 1. The molecule has 1 aliphatic heterocycles. The summed E-state index contributed by atoms with van der Waals surface area (Å²) in [4.78, 5) is 11.4. The molecule has 0 saturated carbocycles. The standard InChI is InChI=1S/C24H30N4O3/c1-17-14-26-24(28(17)16-18-7-9-25-10-8-18)20-6-5-11-27(20)15-19-12-21(29-2)23(31-4)22(13-19)30-3/h7-10,12-14,20H,5-6,11,15-16H2,1-4H3. The molecule has 1 aliphatic rings. The van der Waals surface area contributed by atoms with Crippen molar-refractivity contribution in [3.05, 3.63) is 65.5 Å². The molecule has 31 heavy (non-hydrogen) atoms. The summed E-state index contributed by atoms with van der Waals surface area (Å²) < 4.78 is 18.9. The molecular weight excluding hydrogens is 392 g/mol. The van der Waals surface area contributed by atoms with E-state index in [2.05, 4.69) is 33.5 Å². The van der Waals surface area contributed by atoms with E-state index in [-0.39, 0.29) is 6.04 Å². The van der Waals surface area contributed by atoms with E-state index in [0.29, 0.717) is 17.2 Å². The average Bonchev–Trinajstić information content (AvgIpc) is 3.40. The Morgan fingerprint density at radius 2 is 1.68 bits per heavy atom. The van der Waals surface area contributed by atoms with Gasteiger partial charge in [0.05, 0.1) is 27.4 Å². The molecule has 1 unspecified atom stereocenters. The second kappa shape index (κ2) is 9.39. The Hall–Kier alpha value is -3.06. The Kier molecular flexibility index (Phi) is 6.42. The number of methoxy groups -OCH3 is 3. The molecule has 7 heteroatoms. The van der Waals surface area contributed by atoms with Gasteiger partial charge in [-0.2, -0.15) is 0 Å². The lowest BCUT2D eigenvalue weighted by Crippen LogP contribution is -2.25.